The number of nitrogens with zero attached hydrogens (tertiary/aromatic N) is 1. The van der Waals surface area contributed by atoms with Gasteiger partial charge < -0.3 is 9.84 Å². The van der Waals surface area contributed by atoms with E-state index in [0.29, 0.717) is 27.6 Å². The maximum Gasteiger partial charge on any atom is 0.261 e. The predicted molar refractivity (Wildman–Crippen MR) is 111 cm³/mol. The van der Waals surface area contributed by atoms with Crippen LogP contribution in [0.5, 0.6) is 0 Å². The lowest BCUT2D eigenvalue weighted by molar-refractivity contribution is 0.102. The molecule has 1 heterocycles. The molecule has 1 aliphatic carbocycles. The second-order valence-electron chi connectivity index (χ2n) is 7.01. The highest BCUT2D eigenvalue weighted by atomic mass is 35.5. The number of carbonyl (C=O) groups is 1. The minimum atomic E-state index is -0.257. The van der Waals surface area contributed by atoms with Gasteiger partial charge in [-0.3, -0.25) is 4.79 Å². The van der Waals surface area contributed by atoms with Gasteiger partial charge in [0.2, 0.25) is 0 Å². The van der Waals surface area contributed by atoms with Crippen molar-refractivity contribution >= 4 is 34.0 Å². The van der Waals surface area contributed by atoms with Crippen LogP contribution in [0, 0.1) is 6.92 Å². The fraction of sp³-hybridized carbons (Fsp3) is 0.130. The first kappa shape index (κ1) is 17.0. The third-order valence-electron chi connectivity index (χ3n) is 5.34. The van der Waals surface area contributed by atoms with Gasteiger partial charge in [-0.25, -0.2) is 0 Å². The third kappa shape index (κ3) is 2.60. The number of carbonyl (C=O) groups excluding carboxylic acids is 1. The summed E-state index contributed by atoms with van der Waals surface area (Å²) < 4.78 is 5.33. The summed E-state index contributed by atoms with van der Waals surface area (Å²) in [6, 6.07) is 17.6. The molecule has 28 heavy (non-hydrogen) atoms. The zero-order chi connectivity index (χ0) is 19.3. The van der Waals surface area contributed by atoms with Crippen LogP contribution in [-0.2, 0) is 12.8 Å². The highest BCUT2D eigenvalue weighted by Crippen LogP contribution is 2.36. The van der Waals surface area contributed by atoms with E-state index >= 15 is 0 Å². The van der Waals surface area contributed by atoms with Crippen molar-refractivity contribution in [1.29, 1.82) is 0 Å². The molecule has 0 bridgehead atoms. The summed E-state index contributed by atoms with van der Waals surface area (Å²) in [5, 5.41) is 9.99. The zero-order valence-electron chi connectivity index (χ0n) is 15.3. The molecule has 0 spiro atoms. The molecule has 1 amide bonds. The van der Waals surface area contributed by atoms with E-state index in [4.69, 9.17) is 16.1 Å². The molecule has 1 aromatic heterocycles. The molecule has 0 fully saturated rings. The average molecular weight is 389 g/mol. The van der Waals surface area contributed by atoms with Crippen LogP contribution in [0.3, 0.4) is 0 Å². The fourth-order valence-corrected chi connectivity index (χ4v) is 4.24. The monoisotopic (exact) mass is 388 g/mol. The predicted octanol–water partition coefficient (Wildman–Crippen LogP) is 5.81. The number of nitrogens with one attached hydrogen (secondary N) is 1. The number of amides is 1. The topological polar surface area (TPSA) is 55.1 Å². The van der Waals surface area contributed by atoms with Crippen molar-refractivity contribution in [1.82, 2.24) is 5.16 Å². The lowest BCUT2D eigenvalue weighted by atomic mass is 10.0. The largest absolute Gasteiger partial charge is 0.360 e. The summed E-state index contributed by atoms with van der Waals surface area (Å²) in [4.78, 5) is 13.2. The number of benzene rings is 3. The van der Waals surface area contributed by atoms with E-state index < -0.39 is 0 Å². The van der Waals surface area contributed by atoms with Crippen LogP contribution in [-0.4, -0.2) is 11.1 Å². The van der Waals surface area contributed by atoms with Crippen molar-refractivity contribution in [3.63, 3.8) is 0 Å². The molecule has 138 valence electrons. The van der Waals surface area contributed by atoms with Crippen LogP contribution in [0.1, 0.15) is 27.2 Å². The van der Waals surface area contributed by atoms with Crippen molar-refractivity contribution < 1.29 is 9.32 Å². The van der Waals surface area contributed by atoms with Gasteiger partial charge in [-0.15, -0.1) is 0 Å². The summed E-state index contributed by atoms with van der Waals surface area (Å²) in [6.07, 6.45) is 2.09. The van der Waals surface area contributed by atoms with Gasteiger partial charge >= 0.3 is 0 Å². The molecule has 4 aromatic rings. The molecular formula is C23H17ClN2O2. The van der Waals surface area contributed by atoms with E-state index in [9.17, 15) is 4.79 Å². The van der Waals surface area contributed by atoms with Gasteiger partial charge in [0.25, 0.3) is 5.91 Å². The Morgan fingerprint density at radius 1 is 1.04 bits per heavy atom. The second kappa shape index (κ2) is 6.50. The first-order chi connectivity index (χ1) is 13.6. The molecule has 1 aliphatic rings. The van der Waals surface area contributed by atoms with E-state index in [-0.39, 0.29) is 5.91 Å². The van der Waals surface area contributed by atoms with Gasteiger partial charge in [0.05, 0.1) is 5.02 Å². The second-order valence-corrected chi connectivity index (χ2v) is 7.42. The van der Waals surface area contributed by atoms with E-state index in [1.54, 1.807) is 13.0 Å². The quantitative estimate of drug-likeness (QED) is 0.482. The van der Waals surface area contributed by atoms with Crippen molar-refractivity contribution in [3.8, 4) is 11.3 Å². The number of anilines is 1. The van der Waals surface area contributed by atoms with E-state index in [1.165, 1.54) is 16.5 Å². The van der Waals surface area contributed by atoms with Gasteiger partial charge in [-0.05, 0) is 48.4 Å². The smallest absolute Gasteiger partial charge is 0.261 e. The summed E-state index contributed by atoms with van der Waals surface area (Å²) in [6.45, 7) is 1.73. The Morgan fingerprint density at radius 2 is 1.82 bits per heavy atom. The minimum absolute atomic E-state index is 0.257. The standard InChI is InChI=1S/C23H17ClN2O2/c1-13-20(22(26-28-13)16-6-2-3-8-18(16)24)23(27)25-19-12-11-15-10-9-14-5-4-7-17(19)21(14)15/h2-8,11-12H,9-10H2,1H3,(H,25,27). The minimum Gasteiger partial charge on any atom is -0.360 e. The molecule has 5 rings (SSSR count). The molecule has 5 heteroatoms. The third-order valence-corrected chi connectivity index (χ3v) is 5.67. The van der Waals surface area contributed by atoms with Crippen LogP contribution in [0.25, 0.3) is 22.0 Å². The van der Waals surface area contributed by atoms with Crippen molar-refractivity contribution in [2.24, 2.45) is 0 Å². The number of aryl methyl sites for hydroxylation is 3. The Hall–Kier alpha value is -3.11. The number of aromatic nitrogens is 1. The van der Waals surface area contributed by atoms with Gasteiger partial charge in [0, 0.05) is 16.6 Å². The summed E-state index contributed by atoms with van der Waals surface area (Å²) >= 11 is 6.31. The molecule has 0 atom stereocenters. The Kier molecular flexibility index (Phi) is 3.95. The normalized spacial score (nSPS) is 12.5. The van der Waals surface area contributed by atoms with E-state index in [0.717, 1.165) is 23.9 Å². The summed E-state index contributed by atoms with van der Waals surface area (Å²) in [5.41, 5.74) is 4.98. The Balaban J connectivity index is 1.58. The zero-order valence-corrected chi connectivity index (χ0v) is 16.0. The van der Waals surface area contributed by atoms with E-state index in [2.05, 4.69) is 28.7 Å². The first-order valence-corrected chi connectivity index (χ1v) is 9.57. The van der Waals surface area contributed by atoms with Crippen LogP contribution < -0.4 is 5.32 Å². The van der Waals surface area contributed by atoms with Gasteiger partial charge in [0.1, 0.15) is 17.0 Å². The van der Waals surface area contributed by atoms with Crippen molar-refractivity contribution in [3.05, 3.63) is 82.1 Å². The van der Waals surface area contributed by atoms with Gasteiger partial charge in [-0.2, -0.15) is 0 Å². The van der Waals surface area contributed by atoms with Crippen molar-refractivity contribution in [2.75, 3.05) is 5.32 Å². The number of rotatable bonds is 3. The van der Waals surface area contributed by atoms with Crippen LogP contribution in [0.15, 0.2) is 59.1 Å². The highest BCUT2D eigenvalue weighted by Gasteiger charge is 2.24. The van der Waals surface area contributed by atoms with Crippen LogP contribution in [0.4, 0.5) is 5.69 Å². The summed E-state index contributed by atoms with van der Waals surface area (Å²) in [5.74, 6) is 0.200. The lowest BCUT2D eigenvalue weighted by Gasteiger charge is -2.11. The molecule has 0 radical (unpaired) electrons. The Bertz CT molecular complexity index is 1230. The van der Waals surface area contributed by atoms with Gasteiger partial charge in [-0.1, -0.05) is 59.2 Å². The lowest BCUT2D eigenvalue weighted by Crippen LogP contribution is -2.14. The molecule has 0 saturated carbocycles. The van der Waals surface area contributed by atoms with Crippen LogP contribution >= 0.6 is 11.6 Å². The molecule has 4 nitrogen and oxygen atoms in total. The number of hydrogen-bond acceptors (Lipinski definition) is 3. The number of hydrogen-bond donors (Lipinski definition) is 1. The molecule has 0 aliphatic heterocycles. The SMILES string of the molecule is Cc1onc(-c2ccccc2Cl)c1C(=O)Nc1ccc2c3c(cccc13)CC2. The Labute approximate surface area is 167 Å². The molecule has 0 saturated heterocycles. The molecule has 0 unspecified atom stereocenters. The van der Waals surface area contributed by atoms with Gasteiger partial charge in [0.15, 0.2) is 0 Å². The summed E-state index contributed by atoms with van der Waals surface area (Å²) in [7, 11) is 0. The first-order valence-electron chi connectivity index (χ1n) is 9.19. The Morgan fingerprint density at radius 3 is 2.64 bits per heavy atom. The molecule has 1 N–H and O–H groups in total. The fourth-order valence-electron chi connectivity index (χ4n) is 4.02. The van der Waals surface area contributed by atoms with Crippen molar-refractivity contribution in [2.45, 2.75) is 19.8 Å². The maximum atomic E-state index is 13.2. The number of halogens is 1. The molecular weight excluding hydrogens is 372 g/mol. The van der Waals surface area contributed by atoms with Crippen LogP contribution in [0.2, 0.25) is 5.02 Å². The average Bonchev–Trinajstić information content (AvgIpc) is 3.29. The molecule has 3 aromatic carbocycles. The van der Waals surface area contributed by atoms with E-state index in [1.807, 2.05) is 30.3 Å². The maximum absolute atomic E-state index is 13.2. The highest BCUT2D eigenvalue weighted by molar-refractivity contribution is 6.33.